The average molecular weight is 221 g/mol. The second-order valence-electron chi connectivity index (χ2n) is 4.39. The summed E-state index contributed by atoms with van der Waals surface area (Å²) in [5, 5.41) is 4.23. The molecule has 2 heterocycles. The Morgan fingerprint density at radius 3 is 2.69 bits per heavy atom. The van der Waals surface area contributed by atoms with Gasteiger partial charge in [-0.05, 0) is 19.8 Å². The highest BCUT2D eigenvalue weighted by atomic mass is 16.5. The molecule has 86 valence electrons. The summed E-state index contributed by atoms with van der Waals surface area (Å²) in [7, 11) is 0. The van der Waals surface area contributed by atoms with Crippen molar-refractivity contribution in [3.8, 4) is 0 Å². The lowest BCUT2D eigenvalue weighted by atomic mass is 10.1. The van der Waals surface area contributed by atoms with Gasteiger partial charge in [-0.3, -0.25) is 9.36 Å². The maximum Gasteiger partial charge on any atom is 0.266 e. The Morgan fingerprint density at radius 1 is 1.38 bits per heavy atom. The number of aromatic nitrogens is 3. The topological polar surface area (TPSA) is 60.9 Å². The van der Waals surface area contributed by atoms with Gasteiger partial charge in [-0.2, -0.15) is 0 Å². The molecule has 0 N–H and O–H groups in total. The normalized spacial score (nSPS) is 13.6. The highest BCUT2D eigenvalue weighted by Crippen LogP contribution is 2.16. The average Bonchev–Trinajstić information content (AvgIpc) is 2.60. The highest BCUT2D eigenvalue weighted by Gasteiger charge is 2.16. The number of hydrogen-bond acceptors (Lipinski definition) is 4. The van der Waals surface area contributed by atoms with Crippen molar-refractivity contribution in [3.05, 3.63) is 22.4 Å². The molecule has 0 spiro atoms. The summed E-state index contributed by atoms with van der Waals surface area (Å²) in [6.07, 6.45) is 1.53. The molecular formula is C11H15N3O2. The van der Waals surface area contributed by atoms with Crippen molar-refractivity contribution >= 4 is 11.1 Å². The lowest BCUT2D eigenvalue weighted by Gasteiger charge is -2.17. The Kier molecular flexibility index (Phi) is 2.53. The summed E-state index contributed by atoms with van der Waals surface area (Å²) >= 11 is 0. The van der Waals surface area contributed by atoms with Gasteiger partial charge in [0.15, 0.2) is 0 Å². The molecule has 0 aliphatic rings. The van der Waals surface area contributed by atoms with Crippen molar-refractivity contribution in [2.45, 2.75) is 33.7 Å². The van der Waals surface area contributed by atoms with Crippen LogP contribution in [0.25, 0.3) is 11.1 Å². The summed E-state index contributed by atoms with van der Waals surface area (Å²) in [5.74, 6) is 0.372. The first-order valence-corrected chi connectivity index (χ1v) is 5.35. The van der Waals surface area contributed by atoms with E-state index >= 15 is 0 Å². The molecule has 2 aromatic heterocycles. The van der Waals surface area contributed by atoms with E-state index in [1.807, 2.05) is 6.92 Å². The molecular weight excluding hydrogens is 206 g/mol. The molecule has 0 saturated carbocycles. The molecule has 0 aromatic carbocycles. The maximum absolute atomic E-state index is 12.2. The highest BCUT2D eigenvalue weighted by molar-refractivity contribution is 5.73. The summed E-state index contributed by atoms with van der Waals surface area (Å²) in [6, 6.07) is 0.110. The summed E-state index contributed by atoms with van der Waals surface area (Å²) in [4.78, 5) is 16.3. The third-order valence-corrected chi connectivity index (χ3v) is 3.00. The van der Waals surface area contributed by atoms with Crippen LogP contribution in [-0.2, 0) is 0 Å². The molecule has 16 heavy (non-hydrogen) atoms. The van der Waals surface area contributed by atoms with Gasteiger partial charge in [-0.15, -0.1) is 0 Å². The van der Waals surface area contributed by atoms with Crippen LogP contribution >= 0.6 is 0 Å². The Balaban J connectivity index is 2.69. The Hall–Kier alpha value is -1.65. The zero-order valence-electron chi connectivity index (χ0n) is 9.89. The molecule has 0 aliphatic heterocycles. The molecule has 0 saturated heterocycles. The zero-order valence-corrected chi connectivity index (χ0v) is 9.89. The van der Waals surface area contributed by atoms with Crippen LogP contribution in [-0.4, -0.2) is 14.7 Å². The van der Waals surface area contributed by atoms with E-state index in [1.165, 1.54) is 6.33 Å². The van der Waals surface area contributed by atoms with Crippen LogP contribution in [0.3, 0.4) is 0 Å². The molecule has 0 amide bonds. The fourth-order valence-electron chi connectivity index (χ4n) is 1.60. The van der Waals surface area contributed by atoms with Crippen LogP contribution in [0.5, 0.6) is 0 Å². The fraction of sp³-hybridized carbons (Fsp3) is 0.545. The summed E-state index contributed by atoms with van der Waals surface area (Å²) in [6.45, 7) is 7.89. The van der Waals surface area contributed by atoms with E-state index < -0.39 is 0 Å². The summed E-state index contributed by atoms with van der Waals surface area (Å²) < 4.78 is 6.59. The van der Waals surface area contributed by atoms with Crippen LogP contribution in [0.4, 0.5) is 0 Å². The van der Waals surface area contributed by atoms with Gasteiger partial charge in [0.2, 0.25) is 0 Å². The van der Waals surface area contributed by atoms with E-state index in [-0.39, 0.29) is 11.6 Å². The van der Waals surface area contributed by atoms with Crippen molar-refractivity contribution in [2.75, 3.05) is 0 Å². The first-order valence-electron chi connectivity index (χ1n) is 5.35. The first kappa shape index (κ1) is 10.9. The Labute approximate surface area is 93.1 Å². The number of nitrogens with zero attached hydrogens (tertiary/aromatic N) is 3. The number of fused-ring (bicyclic) bond motifs is 1. The standard InChI is InChI=1S/C11H15N3O2/c1-6(2)8(4)14-5-12-10-9(11(14)15)7(3)13-16-10/h5-6,8H,1-4H3. The quantitative estimate of drug-likeness (QED) is 0.777. The van der Waals surface area contributed by atoms with Crippen LogP contribution in [0.15, 0.2) is 15.6 Å². The molecule has 0 radical (unpaired) electrons. The van der Waals surface area contributed by atoms with Gasteiger partial charge in [0.25, 0.3) is 11.3 Å². The van der Waals surface area contributed by atoms with Gasteiger partial charge in [0, 0.05) is 6.04 Å². The van der Waals surface area contributed by atoms with E-state index in [0.29, 0.717) is 22.7 Å². The summed E-state index contributed by atoms with van der Waals surface area (Å²) in [5.41, 5.74) is 0.831. The van der Waals surface area contributed by atoms with E-state index in [9.17, 15) is 4.79 Å². The minimum absolute atomic E-state index is 0.0787. The lowest BCUT2D eigenvalue weighted by Crippen LogP contribution is -2.26. The third-order valence-electron chi connectivity index (χ3n) is 3.00. The van der Waals surface area contributed by atoms with Gasteiger partial charge >= 0.3 is 0 Å². The largest absolute Gasteiger partial charge is 0.335 e. The van der Waals surface area contributed by atoms with Crippen molar-refractivity contribution in [1.82, 2.24) is 14.7 Å². The van der Waals surface area contributed by atoms with Crippen LogP contribution < -0.4 is 5.56 Å². The minimum Gasteiger partial charge on any atom is -0.335 e. The molecule has 1 atom stereocenters. The Bertz CT molecular complexity index is 568. The van der Waals surface area contributed by atoms with Crippen molar-refractivity contribution in [2.24, 2.45) is 5.92 Å². The van der Waals surface area contributed by atoms with Crippen molar-refractivity contribution in [3.63, 3.8) is 0 Å². The van der Waals surface area contributed by atoms with Gasteiger partial charge in [0.1, 0.15) is 11.7 Å². The monoisotopic (exact) mass is 221 g/mol. The second kappa shape index (κ2) is 3.73. The smallest absolute Gasteiger partial charge is 0.266 e. The molecule has 1 unspecified atom stereocenters. The van der Waals surface area contributed by atoms with Gasteiger partial charge in [-0.25, -0.2) is 4.98 Å². The van der Waals surface area contributed by atoms with Gasteiger partial charge < -0.3 is 4.52 Å². The van der Waals surface area contributed by atoms with E-state index in [0.717, 1.165) is 0 Å². The molecule has 5 heteroatoms. The van der Waals surface area contributed by atoms with Gasteiger partial charge in [-0.1, -0.05) is 19.0 Å². The number of rotatable bonds is 2. The second-order valence-corrected chi connectivity index (χ2v) is 4.39. The van der Waals surface area contributed by atoms with E-state index in [1.54, 1.807) is 11.5 Å². The van der Waals surface area contributed by atoms with Crippen molar-refractivity contribution in [1.29, 1.82) is 0 Å². The first-order chi connectivity index (χ1) is 7.52. The predicted molar refractivity (Wildman–Crippen MR) is 60.4 cm³/mol. The maximum atomic E-state index is 12.2. The molecule has 2 aromatic rings. The van der Waals surface area contributed by atoms with Crippen LogP contribution in [0.2, 0.25) is 0 Å². The van der Waals surface area contributed by atoms with Crippen molar-refractivity contribution < 1.29 is 4.52 Å². The van der Waals surface area contributed by atoms with E-state index in [4.69, 9.17) is 4.52 Å². The molecule has 0 bridgehead atoms. The third kappa shape index (κ3) is 1.52. The Morgan fingerprint density at radius 2 is 2.06 bits per heavy atom. The van der Waals surface area contributed by atoms with Crippen LogP contribution in [0, 0.1) is 12.8 Å². The lowest BCUT2D eigenvalue weighted by molar-refractivity contribution is 0.393. The number of hydrogen-bond donors (Lipinski definition) is 0. The number of aryl methyl sites for hydroxylation is 1. The van der Waals surface area contributed by atoms with E-state index in [2.05, 4.69) is 24.0 Å². The molecule has 5 nitrogen and oxygen atoms in total. The molecule has 0 fully saturated rings. The fourth-order valence-corrected chi connectivity index (χ4v) is 1.60. The predicted octanol–water partition coefficient (Wildman–Crippen LogP) is 1.91. The van der Waals surface area contributed by atoms with Crippen LogP contribution in [0.1, 0.15) is 32.5 Å². The molecule has 0 aliphatic carbocycles. The zero-order chi connectivity index (χ0) is 11.9. The molecule has 2 rings (SSSR count). The van der Waals surface area contributed by atoms with Gasteiger partial charge in [0.05, 0.1) is 5.69 Å². The minimum atomic E-state index is -0.0787. The SMILES string of the molecule is Cc1noc2ncn(C(C)C(C)C)c(=O)c12.